The van der Waals surface area contributed by atoms with Gasteiger partial charge in [-0.1, -0.05) is 18.9 Å². The van der Waals surface area contributed by atoms with Gasteiger partial charge in [-0.3, -0.25) is 9.58 Å². The molecule has 108 valence electrons. The van der Waals surface area contributed by atoms with Crippen LogP contribution in [0.1, 0.15) is 47.9 Å². The Hall–Kier alpha value is -1.13. The maximum absolute atomic E-state index is 4.48. The highest BCUT2D eigenvalue weighted by molar-refractivity contribution is 7.10. The van der Waals surface area contributed by atoms with E-state index in [4.69, 9.17) is 0 Å². The third-order valence-corrected chi connectivity index (χ3v) is 5.20. The van der Waals surface area contributed by atoms with Crippen molar-refractivity contribution in [2.45, 2.75) is 45.2 Å². The molecule has 0 bridgehead atoms. The summed E-state index contributed by atoms with van der Waals surface area (Å²) in [5.74, 6) is 0. The van der Waals surface area contributed by atoms with Crippen LogP contribution in [0.15, 0.2) is 23.7 Å². The standard InChI is InChI=1S/C16H23N3S/c1-13-14(11-18(2)17-13)12-19-9-5-3-4-7-15(19)16-8-6-10-20-16/h6,8,10-11,15H,3-5,7,9,12H2,1-2H3/t15-/m0/s1. The molecular weight excluding hydrogens is 266 g/mol. The van der Waals surface area contributed by atoms with Gasteiger partial charge in [-0.05, 0) is 37.8 Å². The zero-order valence-electron chi connectivity index (χ0n) is 12.4. The second kappa shape index (κ2) is 6.10. The summed E-state index contributed by atoms with van der Waals surface area (Å²) in [7, 11) is 2.01. The topological polar surface area (TPSA) is 21.1 Å². The molecule has 0 amide bonds. The Kier molecular flexibility index (Phi) is 4.22. The van der Waals surface area contributed by atoms with Crippen LogP contribution in [0.3, 0.4) is 0 Å². The Morgan fingerprint density at radius 3 is 2.95 bits per heavy atom. The minimum absolute atomic E-state index is 0.595. The maximum atomic E-state index is 4.48. The van der Waals surface area contributed by atoms with Crippen LogP contribution in [0.25, 0.3) is 0 Å². The molecule has 1 fully saturated rings. The van der Waals surface area contributed by atoms with Gasteiger partial charge in [-0.15, -0.1) is 11.3 Å². The van der Waals surface area contributed by atoms with E-state index in [0.717, 1.165) is 6.54 Å². The van der Waals surface area contributed by atoms with Crippen LogP contribution in [0, 0.1) is 6.92 Å². The molecule has 1 aliphatic heterocycles. The van der Waals surface area contributed by atoms with E-state index >= 15 is 0 Å². The molecule has 0 radical (unpaired) electrons. The first-order chi connectivity index (χ1) is 9.74. The SMILES string of the molecule is Cc1nn(C)cc1CN1CCCCC[C@H]1c1cccs1. The van der Waals surface area contributed by atoms with E-state index in [1.807, 2.05) is 23.1 Å². The molecule has 0 aliphatic carbocycles. The van der Waals surface area contributed by atoms with Crippen LogP contribution in [-0.4, -0.2) is 21.2 Å². The van der Waals surface area contributed by atoms with Crippen LogP contribution in [-0.2, 0) is 13.6 Å². The fourth-order valence-electron chi connectivity index (χ4n) is 3.18. The average Bonchev–Trinajstić information content (AvgIpc) is 2.97. The molecule has 0 unspecified atom stereocenters. The lowest BCUT2D eigenvalue weighted by Gasteiger charge is -2.29. The highest BCUT2D eigenvalue weighted by atomic mass is 32.1. The second-order valence-electron chi connectivity index (χ2n) is 5.76. The number of rotatable bonds is 3. The van der Waals surface area contributed by atoms with Gasteiger partial charge in [0.15, 0.2) is 0 Å². The predicted octanol–water partition coefficient (Wildman–Crippen LogP) is 3.91. The first-order valence-electron chi connectivity index (χ1n) is 7.50. The Morgan fingerprint density at radius 2 is 2.25 bits per heavy atom. The van der Waals surface area contributed by atoms with Gasteiger partial charge in [0.25, 0.3) is 0 Å². The van der Waals surface area contributed by atoms with E-state index in [2.05, 4.69) is 40.6 Å². The monoisotopic (exact) mass is 289 g/mol. The van der Waals surface area contributed by atoms with Crippen LogP contribution in [0.2, 0.25) is 0 Å². The van der Waals surface area contributed by atoms with Gasteiger partial charge < -0.3 is 0 Å². The molecule has 0 N–H and O–H groups in total. The molecule has 4 heteroatoms. The van der Waals surface area contributed by atoms with Crippen molar-refractivity contribution in [1.82, 2.24) is 14.7 Å². The summed E-state index contributed by atoms with van der Waals surface area (Å²) in [6.45, 7) is 4.35. The summed E-state index contributed by atoms with van der Waals surface area (Å²) in [5, 5.41) is 6.68. The summed E-state index contributed by atoms with van der Waals surface area (Å²) in [4.78, 5) is 4.18. The molecular formula is C16H23N3S. The summed E-state index contributed by atoms with van der Waals surface area (Å²) in [5.41, 5.74) is 2.54. The van der Waals surface area contributed by atoms with Crippen LogP contribution in [0.5, 0.6) is 0 Å². The normalized spacial score (nSPS) is 21.0. The van der Waals surface area contributed by atoms with Gasteiger partial charge in [0, 0.05) is 36.3 Å². The number of thiophene rings is 1. The lowest BCUT2D eigenvalue weighted by atomic mass is 10.1. The van der Waals surface area contributed by atoms with Crippen molar-refractivity contribution in [2.75, 3.05) is 6.54 Å². The fourth-order valence-corrected chi connectivity index (χ4v) is 4.08. The summed E-state index contributed by atoms with van der Waals surface area (Å²) in [6.07, 6.45) is 7.50. The van der Waals surface area contributed by atoms with Crippen molar-refractivity contribution in [3.63, 3.8) is 0 Å². The first kappa shape index (κ1) is 13.8. The molecule has 0 aromatic carbocycles. The van der Waals surface area contributed by atoms with Crippen molar-refractivity contribution in [3.05, 3.63) is 39.8 Å². The number of hydrogen-bond acceptors (Lipinski definition) is 3. The Bertz CT molecular complexity index is 544. The van der Waals surface area contributed by atoms with Gasteiger partial charge in [0.1, 0.15) is 0 Å². The molecule has 1 saturated heterocycles. The number of aryl methyl sites for hydroxylation is 2. The molecule has 1 aliphatic rings. The molecule has 3 nitrogen and oxygen atoms in total. The highest BCUT2D eigenvalue weighted by Crippen LogP contribution is 2.33. The maximum Gasteiger partial charge on any atom is 0.0638 e. The summed E-state index contributed by atoms with van der Waals surface area (Å²) >= 11 is 1.90. The number of likely N-dealkylation sites (tertiary alicyclic amines) is 1. The minimum atomic E-state index is 0.595. The van der Waals surface area contributed by atoms with Gasteiger partial charge in [0.05, 0.1) is 5.69 Å². The third-order valence-electron chi connectivity index (χ3n) is 4.22. The number of hydrogen-bond donors (Lipinski definition) is 0. The van der Waals surface area contributed by atoms with Gasteiger partial charge >= 0.3 is 0 Å². The van der Waals surface area contributed by atoms with Crippen LogP contribution in [0.4, 0.5) is 0 Å². The molecule has 3 heterocycles. The van der Waals surface area contributed by atoms with E-state index in [-0.39, 0.29) is 0 Å². The summed E-state index contributed by atoms with van der Waals surface area (Å²) in [6, 6.07) is 5.07. The van der Waals surface area contributed by atoms with Crippen LogP contribution >= 0.6 is 11.3 Å². The predicted molar refractivity (Wildman–Crippen MR) is 83.9 cm³/mol. The van der Waals surface area contributed by atoms with Crippen LogP contribution < -0.4 is 0 Å². The minimum Gasteiger partial charge on any atom is -0.291 e. The smallest absolute Gasteiger partial charge is 0.0638 e. The summed E-state index contributed by atoms with van der Waals surface area (Å²) < 4.78 is 1.93. The van der Waals surface area contributed by atoms with E-state index < -0.39 is 0 Å². The fraction of sp³-hybridized carbons (Fsp3) is 0.562. The second-order valence-corrected chi connectivity index (χ2v) is 6.74. The lowest BCUT2D eigenvalue weighted by Crippen LogP contribution is -2.27. The lowest BCUT2D eigenvalue weighted by molar-refractivity contribution is 0.195. The van der Waals surface area contributed by atoms with Crippen molar-refractivity contribution < 1.29 is 0 Å². The van der Waals surface area contributed by atoms with Crippen molar-refractivity contribution >= 4 is 11.3 Å². The van der Waals surface area contributed by atoms with E-state index in [0.29, 0.717) is 6.04 Å². The molecule has 2 aromatic heterocycles. The zero-order valence-corrected chi connectivity index (χ0v) is 13.2. The van der Waals surface area contributed by atoms with Crippen molar-refractivity contribution in [1.29, 1.82) is 0 Å². The number of aromatic nitrogens is 2. The molecule has 0 spiro atoms. The van der Waals surface area contributed by atoms with Gasteiger partial charge in [-0.2, -0.15) is 5.10 Å². The molecule has 0 saturated carbocycles. The van der Waals surface area contributed by atoms with E-state index in [1.54, 1.807) is 0 Å². The highest BCUT2D eigenvalue weighted by Gasteiger charge is 2.24. The Balaban J connectivity index is 1.82. The zero-order chi connectivity index (χ0) is 13.9. The van der Waals surface area contributed by atoms with Gasteiger partial charge in [-0.25, -0.2) is 0 Å². The average molecular weight is 289 g/mol. The van der Waals surface area contributed by atoms with Crippen molar-refractivity contribution in [3.8, 4) is 0 Å². The first-order valence-corrected chi connectivity index (χ1v) is 8.38. The van der Waals surface area contributed by atoms with Crippen molar-refractivity contribution in [2.24, 2.45) is 7.05 Å². The quantitative estimate of drug-likeness (QED) is 0.854. The largest absolute Gasteiger partial charge is 0.291 e. The van der Waals surface area contributed by atoms with Gasteiger partial charge in [0.2, 0.25) is 0 Å². The molecule has 20 heavy (non-hydrogen) atoms. The van der Waals surface area contributed by atoms with E-state index in [9.17, 15) is 0 Å². The molecule has 2 aromatic rings. The Labute approximate surface area is 125 Å². The Morgan fingerprint density at radius 1 is 1.35 bits per heavy atom. The third kappa shape index (κ3) is 2.96. The van der Waals surface area contributed by atoms with E-state index in [1.165, 1.54) is 48.4 Å². The molecule has 1 atom stereocenters. The molecule has 3 rings (SSSR count). The number of nitrogens with zero attached hydrogens (tertiary/aromatic N) is 3.